The lowest BCUT2D eigenvalue weighted by molar-refractivity contribution is -0.312. The highest BCUT2D eigenvalue weighted by Crippen LogP contribution is 2.64. The summed E-state index contributed by atoms with van der Waals surface area (Å²) < 4.78 is 27.1. The second kappa shape index (κ2) is 5.28. The highest BCUT2D eigenvalue weighted by molar-refractivity contribution is 7.89. The number of rotatable bonds is 4. The maximum Gasteiger partial charge on any atom is 0.215 e. The van der Waals surface area contributed by atoms with Gasteiger partial charge in [-0.05, 0) is 37.0 Å². The highest BCUT2D eigenvalue weighted by atomic mass is 32.2. The number of fused-ring (bicyclic) bond motifs is 2. The monoisotopic (exact) mass is 342 g/mol. The summed E-state index contributed by atoms with van der Waals surface area (Å²) in [5.41, 5.74) is -1.04. The van der Waals surface area contributed by atoms with Crippen molar-refractivity contribution in [1.82, 2.24) is 4.31 Å². The Morgan fingerprint density at radius 1 is 1.26 bits per heavy atom. The van der Waals surface area contributed by atoms with Crippen LogP contribution in [0.5, 0.6) is 0 Å². The third-order valence-corrected chi connectivity index (χ3v) is 8.76. The Balaban J connectivity index is 1.77. The molecule has 23 heavy (non-hydrogen) atoms. The molecule has 1 heterocycles. The number of Topliss-reactive ketones (excluding diaryl/α,β-unsaturated/α-hetero) is 1. The molecule has 2 atom stereocenters. The van der Waals surface area contributed by atoms with Crippen molar-refractivity contribution in [2.24, 2.45) is 22.7 Å². The minimum absolute atomic E-state index is 0.0898. The standard InChI is InChI=1S/C16H25NO5S/c1-15(2)12-3-6-16(15,13(18)9-12)10-23(21,22)17-7-4-11(5-8-17)14(19)20/h11-12H,3-10H2,1-2H3,(H,19,20)/p-1/t12-,16-/m0/s1. The molecule has 3 aliphatic rings. The Bertz CT molecular complexity index is 633. The molecular weight excluding hydrogens is 318 g/mol. The van der Waals surface area contributed by atoms with Crippen LogP contribution < -0.4 is 5.11 Å². The Labute approximate surface area is 137 Å². The fraction of sp³-hybridized carbons (Fsp3) is 0.875. The molecule has 1 aliphatic heterocycles. The lowest BCUT2D eigenvalue weighted by Gasteiger charge is -2.39. The van der Waals surface area contributed by atoms with E-state index in [1.54, 1.807) is 0 Å². The number of ketones is 1. The van der Waals surface area contributed by atoms with E-state index in [9.17, 15) is 23.1 Å². The molecule has 0 unspecified atom stereocenters. The van der Waals surface area contributed by atoms with Gasteiger partial charge in [-0.1, -0.05) is 13.8 Å². The molecule has 2 saturated carbocycles. The molecule has 2 aliphatic carbocycles. The molecule has 0 aromatic rings. The van der Waals surface area contributed by atoms with E-state index in [-0.39, 0.29) is 48.8 Å². The summed E-state index contributed by atoms with van der Waals surface area (Å²) in [7, 11) is -3.56. The Morgan fingerprint density at radius 3 is 2.30 bits per heavy atom. The second-order valence-electron chi connectivity index (χ2n) is 7.92. The first-order valence-corrected chi connectivity index (χ1v) is 9.93. The third kappa shape index (κ3) is 2.43. The first kappa shape index (κ1) is 16.9. The molecule has 2 bridgehead atoms. The Hall–Kier alpha value is -0.950. The van der Waals surface area contributed by atoms with E-state index in [1.165, 1.54) is 4.31 Å². The van der Waals surface area contributed by atoms with Crippen molar-refractivity contribution in [2.75, 3.05) is 18.8 Å². The Kier molecular flexibility index (Phi) is 3.87. The summed E-state index contributed by atoms with van der Waals surface area (Å²) in [4.78, 5) is 23.4. The van der Waals surface area contributed by atoms with Gasteiger partial charge in [0, 0.05) is 36.8 Å². The number of carbonyl (C=O) groups is 2. The fourth-order valence-electron chi connectivity index (χ4n) is 4.88. The number of sulfonamides is 1. The van der Waals surface area contributed by atoms with Crippen molar-refractivity contribution in [3.05, 3.63) is 0 Å². The van der Waals surface area contributed by atoms with Crippen LogP contribution in [0.2, 0.25) is 0 Å². The van der Waals surface area contributed by atoms with Gasteiger partial charge in [0.2, 0.25) is 10.0 Å². The summed E-state index contributed by atoms with van der Waals surface area (Å²) in [5, 5.41) is 10.9. The summed E-state index contributed by atoms with van der Waals surface area (Å²) >= 11 is 0. The average Bonchev–Trinajstić information content (AvgIpc) is 2.81. The molecule has 6 nitrogen and oxygen atoms in total. The maximum atomic E-state index is 12.8. The molecule has 1 saturated heterocycles. The lowest BCUT2D eigenvalue weighted by atomic mass is 9.70. The fourth-order valence-corrected chi connectivity index (χ4v) is 7.13. The van der Waals surface area contributed by atoms with Gasteiger partial charge in [-0.2, -0.15) is 0 Å². The molecule has 7 heteroatoms. The molecule has 0 aromatic heterocycles. The predicted molar refractivity (Wildman–Crippen MR) is 81.7 cm³/mol. The van der Waals surface area contributed by atoms with Crippen molar-refractivity contribution in [3.8, 4) is 0 Å². The molecule has 3 rings (SSSR count). The molecule has 3 fully saturated rings. The number of carboxylic acids is 1. The first-order valence-electron chi connectivity index (χ1n) is 8.32. The summed E-state index contributed by atoms with van der Waals surface area (Å²) in [6, 6.07) is 0. The molecule has 130 valence electrons. The summed E-state index contributed by atoms with van der Waals surface area (Å²) in [6.45, 7) is 4.45. The van der Waals surface area contributed by atoms with Crippen molar-refractivity contribution >= 4 is 21.8 Å². The minimum Gasteiger partial charge on any atom is -0.550 e. The maximum absolute atomic E-state index is 12.8. The van der Waals surface area contributed by atoms with Crippen LogP contribution in [0.1, 0.15) is 46.0 Å². The summed E-state index contributed by atoms with van der Waals surface area (Å²) in [6.07, 6.45) is 2.64. The van der Waals surface area contributed by atoms with E-state index >= 15 is 0 Å². The van der Waals surface area contributed by atoms with Crippen LogP contribution in [0.4, 0.5) is 0 Å². The van der Waals surface area contributed by atoms with Crippen LogP contribution in [-0.4, -0.2) is 43.3 Å². The van der Waals surface area contributed by atoms with E-state index in [2.05, 4.69) is 0 Å². The van der Waals surface area contributed by atoms with Gasteiger partial charge in [-0.3, -0.25) is 4.79 Å². The highest BCUT2D eigenvalue weighted by Gasteiger charge is 2.65. The van der Waals surface area contributed by atoms with Crippen molar-refractivity contribution in [2.45, 2.75) is 46.0 Å². The van der Waals surface area contributed by atoms with Gasteiger partial charge in [0.05, 0.1) is 5.75 Å². The van der Waals surface area contributed by atoms with Gasteiger partial charge in [0.15, 0.2) is 0 Å². The number of piperidine rings is 1. The number of nitrogens with zero attached hydrogens (tertiary/aromatic N) is 1. The first-order chi connectivity index (χ1) is 10.6. The van der Waals surface area contributed by atoms with Gasteiger partial charge in [0.1, 0.15) is 5.78 Å². The van der Waals surface area contributed by atoms with E-state index in [1.807, 2.05) is 13.8 Å². The zero-order chi connectivity index (χ0) is 17.0. The van der Waals surface area contributed by atoms with Gasteiger partial charge >= 0.3 is 0 Å². The minimum atomic E-state index is -3.56. The van der Waals surface area contributed by atoms with Gasteiger partial charge in [-0.25, -0.2) is 12.7 Å². The molecule has 0 aromatic carbocycles. The van der Waals surface area contributed by atoms with Gasteiger partial charge in [0.25, 0.3) is 0 Å². The SMILES string of the molecule is CC1(C)[C@H]2CC[C@]1(CS(=O)(=O)N1CCC(C(=O)[O-])CC1)C(=O)C2. The zero-order valence-corrected chi connectivity index (χ0v) is 14.5. The molecule has 0 radical (unpaired) electrons. The van der Waals surface area contributed by atoms with Crippen LogP contribution >= 0.6 is 0 Å². The smallest absolute Gasteiger partial charge is 0.215 e. The zero-order valence-electron chi connectivity index (χ0n) is 13.7. The number of carbonyl (C=O) groups excluding carboxylic acids is 2. The summed E-state index contributed by atoms with van der Waals surface area (Å²) in [5.74, 6) is -1.43. The third-order valence-electron chi connectivity index (χ3n) is 6.75. The van der Waals surface area contributed by atoms with Crippen LogP contribution in [0.25, 0.3) is 0 Å². The topological polar surface area (TPSA) is 94.6 Å². The van der Waals surface area contributed by atoms with E-state index in [0.29, 0.717) is 12.8 Å². The lowest BCUT2D eigenvalue weighted by Crippen LogP contribution is -2.49. The number of carboxylic acid groups (broad SMARTS) is 1. The normalized spacial score (nSPS) is 34.9. The molecule has 0 amide bonds. The largest absolute Gasteiger partial charge is 0.550 e. The molecular formula is C16H24NO5S-. The van der Waals surface area contributed by atoms with Crippen molar-refractivity contribution < 1.29 is 23.1 Å². The van der Waals surface area contributed by atoms with Crippen LogP contribution in [-0.2, 0) is 19.6 Å². The quantitative estimate of drug-likeness (QED) is 0.726. The van der Waals surface area contributed by atoms with Crippen molar-refractivity contribution in [1.29, 1.82) is 0 Å². The molecule has 0 N–H and O–H groups in total. The Morgan fingerprint density at radius 2 is 1.87 bits per heavy atom. The predicted octanol–water partition coefficient (Wildman–Crippen LogP) is 0.174. The van der Waals surface area contributed by atoms with E-state index in [4.69, 9.17) is 0 Å². The second-order valence-corrected chi connectivity index (χ2v) is 9.88. The van der Waals surface area contributed by atoms with E-state index < -0.39 is 27.3 Å². The number of hydrogen-bond acceptors (Lipinski definition) is 5. The van der Waals surface area contributed by atoms with E-state index in [0.717, 1.165) is 6.42 Å². The van der Waals surface area contributed by atoms with Gasteiger partial charge < -0.3 is 9.90 Å². The van der Waals surface area contributed by atoms with Crippen LogP contribution in [0.3, 0.4) is 0 Å². The molecule has 0 spiro atoms. The van der Waals surface area contributed by atoms with Gasteiger partial charge in [-0.15, -0.1) is 0 Å². The average molecular weight is 342 g/mol. The van der Waals surface area contributed by atoms with Crippen molar-refractivity contribution in [3.63, 3.8) is 0 Å². The van der Waals surface area contributed by atoms with Crippen LogP contribution in [0.15, 0.2) is 0 Å². The van der Waals surface area contributed by atoms with Crippen LogP contribution in [0, 0.1) is 22.7 Å². The number of aliphatic carboxylic acids is 1. The number of hydrogen-bond donors (Lipinski definition) is 0.